The molecule has 5 heteroatoms. The number of methoxy groups -OCH3 is 1. The highest BCUT2D eigenvalue weighted by Crippen LogP contribution is 2.32. The third kappa shape index (κ3) is 6.83. The lowest BCUT2D eigenvalue weighted by molar-refractivity contribution is 0.284. The fourth-order valence-electron chi connectivity index (χ4n) is 3.61. The average molecular weight is 449 g/mol. The van der Waals surface area contributed by atoms with E-state index in [4.69, 9.17) is 9.47 Å². The van der Waals surface area contributed by atoms with Crippen LogP contribution in [-0.2, 0) is 0 Å². The number of para-hydroxylation sites is 1. The summed E-state index contributed by atoms with van der Waals surface area (Å²) in [5.74, 6) is 1.42. The summed E-state index contributed by atoms with van der Waals surface area (Å²) in [6.07, 6.45) is 12.0. The Labute approximate surface area is 195 Å². The van der Waals surface area contributed by atoms with E-state index in [0.717, 1.165) is 33.0 Å². The summed E-state index contributed by atoms with van der Waals surface area (Å²) in [5, 5.41) is 10.4. The number of thiazole rings is 1. The number of fused-ring (bicyclic) bond motifs is 1. The number of aromatic nitrogens is 1. The van der Waals surface area contributed by atoms with Crippen LogP contribution in [0.25, 0.3) is 21.9 Å². The van der Waals surface area contributed by atoms with Crippen LogP contribution >= 0.6 is 11.3 Å². The summed E-state index contributed by atoms with van der Waals surface area (Å²) in [5.41, 5.74) is 2.34. The molecular weight excluding hydrogens is 416 g/mol. The van der Waals surface area contributed by atoms with Crippen molar-refractivity contribution in [2.24, 2.45) is 0 Å². The van der Waals surface area contributed by atoms with Gasteiger partial charge >= 0.3 is 0 Å². The molecule has 0 saturated heterocycles. The number of ether oxygens (including phenoxy) is 2. The van der Waals surface area contributed by atoms with Gasteiger partial charge in [0.15, 0.2) is 11.5 Å². The number of benzene rings is 2. The van der Waals surface area contributed by atoms with Crippen molar-refractivity contribution in [3.63, 3.8) is 0 Å². The molecule has 0 N–H and O–H groups in total. The highest BCUT2D eigenvalue weighted by atomic mass is 32.1. The Hall–Kier alpha value is -2.84. The van der Waals surface area contributed by atoms with E-state index in [0.29, 0.717) is 17.9 Å². The van der Waals surface area contributed by atoms with E-state index in [9.17, 15) is 5.26 Å². The van der Waals surface area contributed by atoms with Gasteiger partial charge in [0, 0.05) is 0 Å². The Balaban J connectivity index is 1.57. The van der Waals surface area contributed by atoms with Gasteiger partial charge in [-0.25, -0.2) is 4.98 Å². The predicted molar refractivity (Wildman–Crippen MR) is 134 cm³/mol. The van der Waals surface area contributed by atoms with E-state index in [1.54, 1.807) is 7.11 Å². The maximum Gasteiger partial charge on any atom is 0.161 e. The summed E-state index contributed by atoms with van der Waals surface area (Å²) in [6.45, 7) is 2.94. The molecule has 0 fully saturated rings. The maximum absolute atomic E-state index is 9.69. The molecule has 2 aromatic carbocycles. The van der Waals surface area contributed by atoms with Crippen LogP contribution < -0.4 is 9.47 Å². The van der Waals surface area contributed by atoms with Gasteiger partial charge in [-0.3, -0.25) is 0 Å². The molecule has 0 unspecified atom stereocenters. The Kier molecular flexibility index (Phi) is 9.59. The molecule has 4 nitrogen and oxygen atoms in total. The third-order valence-electron chi connectivity index (χ3n) is 5.40. The van der Waals surface area contributed by atoms with Crippen LogP contribution in [0.4, 0.5) is 0 Å². The van der Waals surface area contributed by atoms with E-state index in [1.165, 1.54) is 56.3 Å². The summed E-state index contributed by atoms with van der Waals surface area (Å²) in [6, 6.07) is 16.0. The van der Waals surface area contributed by atoms with Crippen molar-refractivity contribution >= 4 is 33.2 Å². The first-order valence-electron chi connectivity index (χ1n) is 11.5. The SMILES string of the molecule is CCCCCCCCCCOc1ccc(/C=C(\C#N)c2nc3ccccc3s2)cc1OC. The molecule has 0 aliphatic carbocycles. The molecular formula is C27H32N2O2S. The van der Waals surface area contributed by atoms with E-state index in [1.807, 2.05) is 48.5 Å². The number of nitrogens with zero attached hydrogens (tertiary/aromatic N) is 2. The fourth-order valence-corrected chi connectivity index (χ4v) is 4.54. The number of hydrogen-bond acceptors (Lipinski definition) is 5. The Morgan fingerprint density at radius 2 is 1.75 bits per heavy atom. The topological polar surface area (TPSA) is 55.1 Å². The molecule has 1 heterocycles. The normalized spacial score (nSPS) is 11.5. The van der Waals surface area contributed by atoms with Crippen molar-refractivity contribution in [3.8, 4) is 17.6 Å². The van der Waals surface area contributed by atoms with Crippen LogP contribution in [-0.4, -0.2) is 18.7 Å². The first-order valence-corrected chi connectivity index (χ1v) is 12.4. The lowest BCUT2D eigenvalue weighted by Gasteiger charge is -2.11. The zero-order valence-electron chi connectivity index (χ0n) is 19.1. The second-order valence-corrected chi connectivity index (χ2v) is 8.92. The molecule has 1 aromatic heterocycles. The molecule has 0 radical (unpaired) electrons. The van der Waals surface area contributed by atoms with Crippen molar-refractivity contribution in [2.75, 3.05) is 13.7 Å². The van der Waals surface area contributed by atoms with Crippen LogP contribution in [0.3, 0.4) is 0 Å². The van der Waals surface area contributed by atoms with Crippen molar-refractivity contribution in [1.29, 1.82) is 5.26 Å². The zero-order chi connectivity index (χ0) is 22.6. The molecule has 0 spiro atoms. The lowest BCUT2D eigenvalue weighted by Crippen LogP contribution is -1.99. The number of rotatable bonds is 13. The first-order chi connectivity index (χ1) is 15.7. The molecule has 32 heavy (non-hydrogen) atoms. The summed E-state index contributed by atoms with van der Waals surface area (Å²) < 4.78 is 12.6. The second-order valence-electron chi connectivity index (χ2n) is 7.89. The van der Waals surface area contributed by atoms with Crippen LogP contribution in [0.5, 0.6) is 11.5 Å². The molecule has 0 amide bonds. The highest BCUT2D eigenvalue weighted by molar-refractivity contribution is 7.19. The van der Waals surface area contributed by atoms with Crippen LogP contribution in [0.15, 0.2) is 42.5 Å². The second kappa shape index (κ2) is 12.9. The monoisotopic (exact) mass is 448 g/mol. The Bertz CT molecular complexity index is 1030. The van der Waals surface area contributed by atoms with Crippen molar-refractivity contribution < 1.29 is 9.47 Å². The summed E-state index contributed by atoms with van der Waals surface area (Å²) in [4.78, 5) is 4.60. The minimum Gasteiger partial charge on any atom is -0.493 e. The van der Waals surface area contributed by atoms with E-state index in [-0.39, 0.29) is 0 Å². The molecule has 0 bridgehead atoms. The van der Waals surface area contributed by atoms with Gasteiger partial charge in [0.25, 0.3) is 0 Å². The minimum absolute atomic E-state index is 0.542. The lowest BCUT2D eigenvalue weighted by atomic mass is 10.1. The third-order valence-corrected chi connectivity index (χ3v) is 6.47. The van der Waals surface area contributed by atoms with Gasteiger partial charge in [-0.15, -0.1) is 11.3 Å². The highest BCUT2D eigenvalue weighted by Gasteiger charge is 2.10. The molecule has 168 valence electrons. The van der Waals surface area contributed by atoms with E-state index in [2.05, 4.69) is 18.0 Å². The largest absolute Gasteiger partial charge is 0.493 e. The number of hydrogen-bond donors (Lipinski definition) is 0. The average Bonchev–Trinajstić information content (AvgIpc) is 3.26. The quantitative estimate of drug-likeness (QED) is 0.197. The van der Waals surface area contributed by atoms with Gasteiger partial charge in [0.05, 0.1) is 29.5 Å². The zero-order valence-corrected chi connectivity index (χ0v) is 19.9. The van der Waals surface area contributed by atoms with E-state index >= 15 is 0 Å². The number of unbranched alkanes of at least 4 members (excludes halogenated alkanes) is 7. The smallest absolute Gasteiger partial charge is 0.161 e. The Morgan fingerprint density at radius 3 is 2.47 bits per heavy atom. The number of nitriles is 1. The fraction of sp³-hybridized carbons (Fsp3) is 0.407. The predicted octanol–water partition coefficient (Wildman–Crippen LogP) is 7.89. The molecule has 0 atom stereocenters. The first kappa shape index (κ1) is 23.8. The standard InChI is InChI=1S/C27H32N2O2S/c1-3-4-5-6-7-8-9-12-17-31-24-16-15-21(19-25(24)30-2)18-22(20-28)27-29-23-13-10-11-14-26(23)32-27/h10-11,13-16,18-19H,3-9,12,17H2,1-2H3/b22-18+. The number of allylic oxidation sites excluding steroid dienone is 1. The van der Waals surface area contributed by atoms with Crippen LogP contribution in [0, 0.1) is 11.3 Å². The molecule has 3 aromatic rings. The molecule has 0 saturated carbocycles. The van der Waals surface area contributed by atoms with Gasteiger partial charge in [0.2, 0.25) is 0 Å². The van der Waals surface area contributed by atoms with Gasteiger partial charge in [-0.2, -0.15) is 5.26 Å². The molecule has 0 aliphatic rings. The van der Waals surface area contributed by atoms with Gasteiger partial charge in [-0.05, 0) is 42.3 Å². The molecule has 0 aliphatic heterocycles. The summed E-state index contributed by atoms with van der Waals surface area (Å²) >= 11 is 1.53. The van der Waals surface area contributed by atoms with Crippen molar-refractivity contribution in [3.05, 3.63) is 53.0 Å². The summed E-state index contributed by atoms with van der Waals surface area (Å²) in [7, 11) is 1.64. The van der Waals surface area contributed by atoms with Gasteiger partial charge in [-0.1, -0.05) is 70.1 Å². The van der Waals surface area contributed by atoms with Crippen molar-refractivity contribution in [2.45, 2.75) is 58.3 Å². The van der Waals surface area contributed by atoms with Crippen LogP contribution in [0.2, 0.25) is 0 Å². The van der Waals surface area contributed by atoms with Gasteiger partial charge < -0.3 is 9.47 Å². The van der Waals surface area contributed by atoms with E-state index < -0.39 is 0 Å². The Morgan fingerprint density at radius 1 is 1.00 bits per heavy atom. The van der Waals surface area contributed by atoms with Crippen molar-refractivity contribution in [1.82, 2.24) is 4.98 Å². The van der Waals surface area contributed by atoms with Gasteiger partial charge in [0.1, 0.15) is 11.1 Å². The minimum atomic E-state index is 0.542. The van der Waals surface area contributed by atoms with Crippen LogP contribution in [0.1, 0.15) is 68.9 Å². The maximum atomic E-state index is 9.69. The molecule has 3 rings (SSSR count).